The summed E-state index contributed by atoms with van der Waals surface area (Å²) in [6.45, 7) is 0. The normalized spacial score (nSPS) is 12.6. The summed E-state index contributed by atoms with van der Waals surface area (Å²) in [5, 5.41) is 13.3. The minimum Gasteiger partial charge on any atom is -0.456 e. The van der Waals surface area contributed by atoms with Crippen molar-refractivity contribution >= 4 is 97.7 Å². The molecule has 0 bridgehead atoms. The SMILES string of the molecule is N/N=C(\N=C(\c1ccc(-c2cccc3ccccc23)cc1)c1ccc2c(c1)oc1ccccc12)c1cccc2oc3cccc(-c4cccc5sc6ccccc6c45)c3c12. The van der Waals surface area contributed by atoms with E-state index in [1.54, 1.807) is 0 Å². The number of nitrogens with two attached hydrogens (primary N) is 1. The van der Waals surface area contributed by atoms with Crippen LogP contribution < -0.4 is 5.84 Å². The number of rotatable bonds is 5. The average molecular weight is 788 g/mol. The van der Waals surface area contributed by atoms with E-state index in [2.05, 4.69) is 151 Å². The van der Waals surface area contributed by atoms with Gasteiger partial charge in [0.15, 0.2) is 5.84 Å². The standard InChI is InChI=1S/C54H33N3O2S/c55-57-54(43-19-9-22-46-52(43)51-41(17-8-21-45(51)59-46)40-18-10-24-49-50(40)42-15-4-6-23-48(42)60-49)56-53(35-29-30-39-38-14-3-5-20-44(38)58-47(39)31-35)34-27-25-33(26-28-34)37-16-7-12-32-11-1-2-13-36(32)37/h1-31H,55H2/b56-53-,57-54-. The highest BCUT2D eigenvalue weighted by Crippen LogP contribution is 2.45. The Morgan fingerprint density at radius 1 is 0.433 bits per heavy atom. The summed E-state index contributed by atoms with van der Waals surface area (Å²) in [5.74, 6) is 6.80. The molecule has 0 atom stereocenters. The van der Waals surface area contributed by atoms with Crippen molar-refractivity contribution in [2.24, 2.45) is 15.9 Å². The summed E-state index contributed by atoms with van der Waals surface area (Å²) in [6.07, 6.45) is 0. The lowest BCUT2D eigenvalue weighted by atomic mass is 9.94. The zero-order chi connectivity index (χ0) is 39.7. The van der Waals surface area contributed by atoms with Crippen molar-refractivity contribution in [3.05, 3.63) is 205 Å². The second-order valence-corrected chi connectivity index (χ2v) is 16.1. The molecule has 0 aliphatic heterocycles. The predicted octanol–water partition coefficient (Wildman–Crippen LogP) is 14.5. The maximum absolute atomic E-state index is 6.61. The van der Waals surface area contributed by atoms with Gasteiger partial charge in [0.1, 0.15) is 22.3 Å². The van der Waals surface area contributed by atoms with Crippen LogP contribution in [0.3, 0.4) is 0 Å². The molecule has 3 heterocycles. The number of amidine groups is 1. The lowest BCUT2D eigenvalue weighted by molar-refractivity contribution is 0.668. The smallest absolute Gasteiger partial charge is 0.180 e. The van der Waals surface area contributed by atoms with E-state index in [1.807, 2.05) is 53.8 Å². The Morgan fingerprint density at radius 3 is 1.90 bits per heavy atom. The van der Waals surface area contributed by atoms with Crippen molar-refractivity contribution in [2.75, 3.05) is 0 Å². The Labute approximate surface area is 347 Å². The second-order valence-electron chi connectivity index (χ2n) is 15.1. The van der Waals surface area contributed by atoms with Crippen LogP contribution in [0.1, 0.15) is 16.7 Å². The molecule has 282 valence electrons. The van der Waals surface area contributed by atoms with Gasteiger partial charge in [0.2, 0.25) is 0 Å². The van der Waals surface area contributed by atoms with Crippen LogP contribution in [-0.4, -0.2) is 11.5 Å². The highest BCUT2D eigenvalue weighted by atomic mass is 32.1. The van der Waals surface area contributed by atoms with Crippen LogP contribution >= 0.6 is 11.3 Å². The molecule has 3 aromatic heterocycles. The molecule has 0 fully saturated rings. The molecule has 0 saturated heterocycles. The predicted molar refractivity (Wildman–Crippen MR) is 252 cm³/mol. The molecule has 0 radical (unpaired) electrons. The fourth-order valence-electron chi connectivity index (χ4n) is 8.99. The van der Waals surface area contributed by atoms with Crippen LogP contribution in [0.15, 0.2) is 207 Å². The van der Waals surface area contributed by atoms with Crippen LogP contribution in [0.25, 0.3) is 97.1 Å². The Hall–Kier alpha value is -7.80. The van der Waals surface area contributed by atoms with Crippen LogP contribution in [0.5, 0.6) is 0 Å². The summed E-state index contributed by atoms with van der Waals surface area (Å²) in [7, 11) is 0. The highest BCUT2D eigenvalue weighted by Gasteiger charge is 2.22. The average Bonchev–Trinajstić information content (AvgIpc) is 4.00. The van der Waals surface area contributed by atoms with Gasteiger partial charge in [-0.2, -0.15) is 5.10 Å². The molecule has 0 unspecified atom stereocenters. The van der Waals surface area contributed by atoms with Crippen LogP contribution in [0, 0.1) is 0 Å². The molecule has 12 aromatic rings. The Morgan fingerprint density at radius 2 is 1.03 bits per heavy atom. The van der Waals surface area contributed by atoms with E-state index in [0.29, 0.717) is 11.5 Å². The fraction of sp³-hybridized carbons (Fsp3) is 0. The van der Waals surface area contributed by atoms with Crippen molar-refractivity contribution < 1.29 is 8.83 Å². The number of para-hydroxylation sites is 1. The van der Waals surface area contributed by atoms with Gasteiger partial charge in [0, 0.05) is 58.4 Å². The third-order valence-electron chi connectivity index (χ3n) is 11.7. The van der Waals surface area contributed by atoms with Gasteiger partial charge in [0.05, 0.1) is 5.71 Å². The maximum Gasteiger partial charge on any atom is 0.180 e. The number of hydrogen-bond acceptors (Lipinski definition) is 5. The fourth-order valence-corrected chi connectivity index (χ4v) is 10.1. The number of thiophene rings is 1. The van der Waals surface area contributed by atoms with Gasteiger partial charge in [0.25, 0.3) is 0 Å². The van der Waals surface area contributed by atoms with Crippen molar-refractivity contribution in [1.82, 2.24) is 0 Å². The zero-order valence-corrected chi connectivity index (χ0v) is 32.9. The molecule has 0 saturated carbocycles. The van der Waals surface area contributed by atoms with Gasteiger partial charge in [-0.15, -0.1) is 11.3 Å². The summed E-state index contributed by atoms with van der Waals surface area (Å²) >= 11 is 1.81. The van der Waals surface area contributed by atoms with E-state index in [4.69, 9.17) is 19.7 Å². The number of aliphatic imine (C=N–C) groups is 1. The van der Waals surface area contributed by atoms with Gasteiger partial charge < -0.3 is 14.7 Å². The van der Waals surface area contributed by atoms with Gasteiger partial charge in [-0.05, 0) is 75.5 Å². The number of fused-ring (bicyclic) bond motifs is 10. The molecular weight excluding hydrogens is 755 g/mol. The van der Waals surface area contributed by atoms with Crippen LogP contribution in [-0.2, 0) is 0 Å². The molecule has 60 heavy (non-hydrogen) atoms. The summed E-state index contributed by atoms with van der Waals surface area (Å²) < 4.78 is 15.5. The van der Waals surface area contributed by atoms with E-state index in [0.717, 1.165) is 77.3 Å². The second kappa shape index (κ2) is 13.7. The van der Waals surface area contributed by atoms with E-state index >= 15 is 0 Å². The number of hydrazone groups is 1. The van der Waals surface area contributed by atoms with Crippen LogP contribution in [0.4, 0.5) is 0 Å². The first-order chi connectivity index (χ1) is 29.7. The Kier molecular flexibility index (Phi) is 7.80. The molecule has 2 N–H and O–H groups in total. The van der Waals surface area contributed by atoms with E-state index in [-0.39, 0.29) is 0 Å². The molecule has 9 aromatic carbocycles. The van der Waals surface area contributed by atoms with Crippen molar-refractivity contribution in [3.63, 3.8) is 0 Å². The number of benzene rings is 9. The Bertz CT molecular complexity index is 3730. The molecule has 0 amide bonds. The lowest BCUT2D eigenvalue weighted by Gasteiger charge is -2.12. The van der Waals surface area contributed by atoms with E-state index < -0.39 is 0 Å². The first-order valence-electron chi connectivity index (χ1n) is 19.9. The topological polar surface area (TPSA) is 77.0 Å². The lowest BCUT2D eigenvalue weighted by Crippen LogP contribution is -2.10. The molecule has 0 aliphatic carbocycles. The van der Waals surface area contributed by atoms with Crippen LogP contribution in [0.2, 0.25) is 0 Å². The van der Waals surface area contributed by atoms with Gasteiger partial charge >= 0.3 is 0 Å². The highest BCUT2D eigenvalue weighted by molar-refractivity contribution is 7.25. The minimum atomic E-state index is 0.384. The number of nitrogens with zero attached hydrogens (tertiary/aromatic N) is 2. The van der Waals surface area contributed by atoms with Crippen molar-refractivity contribution in [2.45, 2.75) is 0 Å². The minimum absolute atomic E-state index is 0.384. The third-order valence-corrected chi connectivity index (χ3v) is 12.8. The van der Waals surface area contributed by atoms with E-state index in [9.17, 15) is 0 Å². The summed E-state index contributed by atoms with van der Waals surface area (Å²) in [6, 6.07) is 65.4. The first-order valence-corrected chi connectivity index (χ1v) is 20.7. The maximum atomic E-state index is 6.61. The zero-order valence-electron chi connectivity index (χ0n) is 32.1. The molecular formula is C54H33N3O2S. The van der Waals surface area contributed by atoms with Crippen molar-refractivity contribution in [3.8, 4) is 22.3 Å². The van der Waals surface area contributed by atoms with Gasteiger partial charge in [-0.25, -0.2) is 4.99 Å². The molecule has 0 spiro atoms. The molecule has 12 rings (SSSR count). The van der Waals surface area contributed by atoms with Gasteiger partial charge in [-0.3, -0.25) is 0 Å². The van der Waals surface area contributed by atoms with Crippen molar-refractivity contribution in [1.29, 1.82) is 0 Å². The van der Waals surface area contributed by atoms with E-state index in [1.165, 1.54) is 36.5 Å². The number of hydrogen-bond donors (Lipinski definition) is 1. The number of furan rings is 2. The molecule has 0 aliphatic rings. The largest absolute Gasteiger partial charge is 0.456 e. The monoisotopic (exact) mass is 787 g/mol. The first kappa shape index (κ1) is 34.3. The summed E-state index contributed by atoms with van der Waals surface area (Å²) in [4.78, 5) is 5.40. The molecule has 6 heteroatoms. The third kappa shape index (κ3) is 5.39. The summed E-state index contributed by atoms with van der Waals surface area (Å²) in [5.41, 5.74) is 10.9. The molecule has 5 nitrogen and oxygen atoms in total. The quantitative estimate of drug-likeness (QED) is 0.0817. The van der Waals surface area contributed by atoms with Gasteiger partial charge in [-0.1, -0.05) is 146 Å². The Balaban J connectivity index is 1.06.